The van der Waals surface area contributed by atoms with Crippen molar-refractivity contribution in [2.45, 2.75) is 19.5 Å². The van der Waals surface area contributed by atoms with Crippen molar-refractivity contribution in [3.8, 4) is 11.5 Å². The Bertz CT molecular complexity index is 777. The number of H-pyrrole nitrogens is 1. The van der Waals surface area contributed by atoms with Crippen molar-refractivity contribution in [2.24, 2.45) is 0 Å². The normalized spacial score (nSPS) is 13.9. The molecule has 23 heavy (non-hydrogen) atoms. The summed E-state index contributed by atoms with van der Waals surface area (Å²) < 4.78 is 11.6. The summed E-state index contributed by atoms with van der Waals surface area (Å²) in [7, 11) is 0. The van der Waals surface area contributed by atoms with Crippen molar-refractivity contribution in [3.05, 3.63) is 59.8 Å². The molecule has 1 aliphatic rings. The number of aromatic amines is 1. The highest BCUT2D eigenvalue weighted by atomic mass is 16.5. The summed E-state index contributed by atoms with van der Waals surface area (Å²) in [6.07, 6.45) is 0.927. The molecule has 0 amide bonds. The molecule has 0 unspecified atom stereocenters. The molecule has 4 rings (SSSR count). The second-order valence-corrected chi connectivity index (χ2v) is 5.78. The molecule has 2 aromatic carbocycles. The van der Waals surface area contributed by atoms with Gasteiger partial charge in [-0.15, -0.1) is 0 Å². The Balaban J connectivity index is 1.45. The van der Waals surface area contributed by atoms with E-state index in [0.717, 1.165) is 43.2 Å². The molecule has 4 nitrogen and oxygen atoms in total. The number of ether oxygens (including phenoxy) is 2. The van der Waals surface area contributed by atoms with E-state index in [0.29, 0.717) is 6.61 Å². The fourth-order valence-corrected chi connectivity index (χ4v) is 2.95. The van der Waals surface area contributed by atoms with Crippen molar-refractivity contribution in [1.29, 1.82) is 0 Å². The van der Waals surface area contributed by atoms with Gasteiger partial charge < -0.3 is 19.8 Å². The quantitative estimate of drug-likeness (QED) is 0.774. The largest absolute Gasteiger partial charge is 0.490 e. The minimum Gasteiger partial charge on any atom is -0.490 e. The predicted octanol–water partition coefficient (Wildman–Crippen LogP) is 3.62. The fourth-order valence-electron chi connectivity index (χ4n) is 2.95. The third kappa shape index (κ3) is 3.03. The van der Waals surface area contributed by atoms with Crippen molar-refractivity contribution < 1.29 is 9.47 Å². The molecule has 0 saturated carbocycles. The Hall–Kier alpha value is -2.46. The molecular formula is C19H20N2O2. The van der Waals surface area contributed by atoms with Crippen LogP contribution in [0.2, 0.25) is 0 Å². The van der Waals surface area contributed by atoms with Gasteiger partial charge in [-0.1, -0.05) is 30.3 Å². The van der Waals surface area contributed by atoms with E-state index in [2.05, 4.69) is 40.6 Å². The van der Waals surface area contributed by atoms with Gasteiger partial charge in [0.05, 0.1) is 13.2 Å². The maximum atomic E-state index is 5.86. The molecule has 2 heterocycles. The van der Waals surface area contributed by atoms with Crippen LogP contribution in [-0.4, -0.2) is 18.2 Å². The average Bonchev–Trinajstić information content (AvgIpc) is 2.83. The summed E-state index contributed by atoms with van der Waals surface area (Å²) in [4.78, 5) is 3.44. The second-order valence-electron chi connectivity index (χ2n) is 5.78. The molecule has 0 radical (unpaired) electrons. The van der Waals surface area contributed by atoms with Gasteiger partial charge in [-0.05, 0) is 23.6 Å². The maximum Gasteiger partial charge on any atom is 0.165 e. The predicted molar refractivity (Wildman–Crippen MR) is 90.9 cm³/mol. The molecule has 2 N–H and O–H groups in total. The lowest BCUT2D eigenvalue weighted by Gasteiger charge is -2.12. The molecule has 0 aliphatic carbocycles. The van der Waals surface area contributed by atoms with Gasteiger partial charge in [0.2, 0.25) is 0 Å². The monoisotopic (exact) mass is 308 g/mol. The first-order valence-electron chi connectivity index (χ1n) is 8.05. The Morgan fingerprint density at radius 1 is 0.957 bits per heavy atom. The highest BCUT2D eigenvalue weighted by Crippen LogP contribution is 2.33. The van der Waals surface area contributed by atoms with Crippen LogP contribution in [0.4, 0.5) is 0 Å². The van der Waals surface area contributed by atoms with E-state index in [9.17, 15) is 0 Å². The van der Waals surface area contributed by atoms with Crippen LogP contribution in [0, 0.1) is 0 Å². The van der Waals surface area contributed by atoms with Gasteiger partial charge in [-0.3, -0.25) is 0 Å². The highest BCUT2D eigenvalue weighted by Gasteiger charge is 2.14. The Kier molecular flexibility index (Phi) is 3.90. The fraction of sp³-hybridized carbons (Fsp3) is 0.263. The van der Waals surface area contributed by atoms with E-state index >= 15 is 0 Å². The molecule has 1 aromatic heterocycles. The van der Waals surface area contributed by atoms with Crippen molar-refractivity contribution in [2.75, 3.05) is 13.2 Å². The standard InChI is InChI=1S/C19H20N2O2/c1-2-7-17-14(5-1)11-16(21-17)13-20-12-15-6-3-8-18-19(15)23-10-4-9-22-18/h1-3,5-8,11,20-21H,4,9-10,12-13H2. The van der Waals surface area contributed by atoms with Crippen LogP contribution >= 0.6 is 0 Å². The first kappa shape index (κ1) is 14.2. The number of nitrogens with one attached hydrogen (secondary N) is 2. The lowest BCUT2D eigenvalue weighted by Crippen LogP contribution is -2.14. The lowest BCUT2D eigenvalue weighted by molar-refractivity contribution is 0.296. The molecular weight excluding hydrogens is 288 g/mol. The van der Waals surface area contributed by atoms with Crippen LogP contribution in [-0.2, 0) is 13.1 Å². The number of rotatable bonds is 4. The van der Waals surface area contributed by atoms with Gasteiger partial charge >= 0.3 is 0 Å². The molecule has 0 spiro atoms. The molecule has 0 atom stereocenters. The molecule has 4 heteroatoms. The first-order chi connectivity index (χ1) is 11.4. The Morgan fingerprint density at radius 3 is 2.83 bits per heavy atom. The zero-order valence-corrected chi connectivity index (χ0v) is 13.0. The van der Waals surface area contributed by atoms with E-state index in [1.807, 2.05) is 18.2 Å². The van der Waals surface area contributed by atoms with Crippen LogP contribution < -0.4 is 14.8 Å². The topological polar surface area (TPSA) is 46.3 Å². The van der Waals surface area contributed by atoms with Gasteiger partial charge in [0.15, 0.2) is 11.5 Å². The van der Waals surface area contributed by atoms with Gasteiger partial charge in [0.1, 0.15) is 0 Å². The summed E-state index contributed by atoms with van der Waals surface area (Å²) in [5.41, 5.74) is 3.50. The summed E-state index contributed by atoms with van der Waals surface area (Å²) >= 11 is 0. The summed E-state index contributed by atoms with van der Waals surface area (Å²) in [6, 6.07) is 16.6. The zero-order valence-electron chi connectivity index (χ0n) is 13.0. The Labute approximate surface area is 135 Å². The number of para-hydroxylation sites is 2. The molecule has 0 fully saturated rings. The van der Waals surface area contributed by atoms with Gasteiger partial charge in [0.25, 0.3) is 0 Å². The minimum atomic E-state index is 0.714. The number of fused-ring (bicyclic) bond motifs is 2. The smallest absolute Gasteiger partial charge is 0.165 e. The van der Waals surface area contributed by atoms with Crippen LogP contribution in [0.15, 0.2) is 48.5 Å². The number of hydrogen-bond acceptors (Lipinski definition) is 3. The molecule has 0 bridgehead atoms. The zero-order chi connectivity index (χ0) is 15.5. The van der Waals surface area contributed by atoms with Gasteiger partial charge in [-0.2, -0.15) is 0 Å². The average molecular weight is 308 g/mol. The van der Waals surface area contributed by atoms with E-state index < -0.39 is 0 Å². The second kappa shape index (κ2) is 6.34. The van der Waals surface area contributed by atoms with E-state index in [4.69, 9.17) is 9.47 Å². The Morgan fingerprint density at radius 2 is 1.87 bits per heavy atom. The van der Waals surface area contributed by atoms with E-state index in [-0.39, 0.29) is 0 Å². The number of hydrogen-bond donors (Lipinski definition) is 2. The highest BCUT2D eigenvalue weighted by molar-refractivity contribution is 5.80. The van der Waals surface area contributed by atoms with Crippen molar-refractivity contribution in [3.63, 3.8) is 0 Å². The maximum absolute atomic E-state index is 5.86. The third-order valence-electron chi connectivity index (χ3n) is 4.07. The minimum absolute atomic E-state index is 0.714. The molecule has 118 valence electrons. The summed E-state index contributed by atoms with van der Waals surface area (Å²) in [5.74, 6) is 1.74. The summed E-state index contributed by atoms with van der Waals surface area (Å²) in [6.45, 7) is 2.98. The van der Waals surface area contributed by atoms with Gasteiger partial charge in [0, 0.05) is 36.3 Å². The lowest BCUT2D eigenvalue weighted by atomic mass is 10.2. The van der Waals surface area contributed by atoms with Crippen LogP contribution in [0.5, 0.6) is 11.5 Å². The molecule has 1 aliphatic heterocycles. The summed E-state index contributed by atoms with van der Waals surface area (Å²) in [5, 5.41) is 4.73. The van der Waals surface area contributed by atoms with Crippen molar-refractivity contribution in [1.82, 2.24) is 10.3 Å². The SMILES string of the molecule is c1cc(CNCc2cc3ccccc3[nH]2)c2c(c1)OCCCO2. The van der Waals surface area contributed by atoms with Gasteiger partial charge in [-0.25, -0.2) is 0 Å². The molecule has 0 saturated heterocycles. The molecule has 3 aromatic rings. The third-order valence-corrected chi connectivity index (χ3v) is 4.07. The van der Waals surface area contributed by atoms with Crippen LogP contribution in [0.3, 0.4) is 0 Å². The van der Waals surface area contributed by atoms with E-state index in [1.165, 1.54) is 16.6 Å². The van der Waals surface area contributed by atoms with Crippen LogP contribution in [0.25, 0.3) is 10.9 Å². The van der Waals surface area contributed by atoms with E-state index in [1.54, 1.807) is 0 Å². The number of benzene rings is 2. The van der Waals surface area contributed by atoms with Crippen molar-refractivity contribution >= 4 is 10.9 Å². The number of aromatic nitrogens is 1. The first-order valence-corrected chi connectivity index (χ1v) is 8.05. The van der Waals surface area contributed by atoms with Crippen LogP contribution in [0.1, 0.15) is 17.7 Å².